The number of nitrogens with one attached hydrogen (secondary N) is 1. The molecule has 1 fully saturated rings. The van der Waals surface area contributed by atoms with Gasteiger partial charge in [-0.1, -0.05) is 19.3 Å². The zero-order valence-electron chi connectivity index (χ0n) is 11.9. The first kappa shape index (κ1) is 16.4. The summed E-state index contributed by atoms with van der Waals surface area (Å²) in [5.74, 6) is 0.251. The maximum Gasteiger partial charge on any atom is 0.237 e. The number of rotatable bonds is 6. The van der Waals surface area contributed by atoms with Crippen molar-refractivity contribution in [1.29, 1.82) is 0 Å². The molecule has 0 saturated heterocycles. The first-order chi connectivity index (χ1) is 8.79. The van der Waals surface area contributed by atoms with Crippen LogP contribution in [0.25, 0.3) is 0 Å². The van der Waals surface area contributed by atoms with Gasteiger partial charge in [0.25, 0.3) is 0 Å². The highest BCUT2D eigenvalue weighted by atomic mass is 32.2. The van der Waals surface area contributed by atoms with Gasteiger partial charge in [-0.05, 0) is 32.1 Å². The normalized spacial score (nSPS) is 20.8. The summed E-state index contributed by atoms with van der Waals surface area (Å²) in [4.78, 5) is 11.9. The Morgan fingerprint density at radius 3 is 2.42 bits per heavy atom. The largest absolute Gasteiger partial charge is 0.352 e. The molecule has 0 radical (unpaired) electrons. The lowest BCUT2D eigenvalue weighted by atomic mass is 9.84. The fourth-order valence-electron chi connectivity index (χ4n) is 2.56. The predicted molar refractivity (Wildman–Crippen MR) is 76.5 cm³/mol. The smallest absolute Gasteiger partial charge is 0.237 e. The van der Waals surface area contributed by atoms with Crippen LogP contribution in [-0.2, 0) is 14.6 Å². The molecule has 0 aromatic carbocycles. The minimum Gasteiger partial charge on any atom is -0.352 e. The highest BCUT2D eigenvalue weighted by molar-refractivity contribution is 7.90. The topological polar surface area (TPSA) is 89.3 Å². The van der Waals surface area contributed by atoms with Crippen LogP contribution < -0.4 is 11.1 Å². The molecule has 0 aliphatic heterocycles. The molecule has 1 saturated carbocycles. The Hall–Kier alpha value is -0.620. The zero-order valence-corrected chi connectivity index (χ0v) is 12.7. The molecular formula is C13H26N2O3S. The van der Waals surface area contributed by atoms with E-state index >= 15 is 0 Å². The molecule has 0 aromatic heterocycles. The summed E-state index contributed by atoms with van der Waals surface area (Å²) in [6.45, 7) is 2.01. The molecule has 112 valence electrons. The average Bonchev–Trinajstić information content (AvgIpc) is 2.36. The summed E-state index contributed by atoms with van der Waals surface area (Å²) in [6, 6.07) is -0.613. The van der Waals surface area contributed by atoms with Crippen molar-refractivity contribution in [2.75, 3.05) is 12.0 Å². The quantitative estimate of drug-likeness (QED) is 0.758. The Morgan fingerprint density at radius 2 is 1.89 bits per heavy atom. The lowest BCUT2D eigenvalue weighted by Gasteiger charge is -2.29. The van der Waals surface area contributed by atoms with Crippen LogP contribution >= 0.6 is 0 Å². The summed E-state index contributed by atoms with van der Waals surface area (Å²) in [6.07, 6.45) is 7.38. The number of sulfone groups is 1. The molecule has 1 aliphatic rings. The van der Waals surface area contributed by atoms with Crippen molar-refractivity contribution in [3.8, 4) is 0 Å². The number of carbonyl (C=O) groups excluding carboxylic acids is 1. The molecule has 19 heavy (non-hydrogen) atoms. The van der Waals surface area contributed by atoms with Gasteiger partial charge in [0.1, 0.15) is 9.84 Å². The fraction of sp³-hybridized carbons (Fsp3) is 0.923. The standard InChI is InChI=1S/C13H26N2O3S/c1-10(11-6-4-3-5-7-11)15-13(16)12(14)8-9-19(2,17)18/h10-12H,3-9,14H2,1-2H3,(H,15,16)/t10-,12?/m1/s1. The van der Waals surface area contributed by atoms with Crippen LogP contribution in [0.3, 0.4) is 0 Å². The summed E-state index contributed by atoms with van der Waals surface area (Å²) in [7, 11) is -3.06. The van der Waals surface area contributed by atoms with E-state index in [1.807, 2.05) is 6.92 Å². The van der Waals surface area contributed by atoms with Crippen molar-refractivity contribution in [3.05, 3.63) is 0 Å². The minimum absolute atomic E-state index is 0.0423. The Bertz CT molecular complexity index is 389. The van der Waals surface area contributed by atoms with Crippen LogP contribution in [0.4, 0.5) is 0 Å². The lowest BCUT2D eigenvalue weighted by Crippen LogP contribution is -2.47. The molecule has 2 atom stereocenters. The van der Waals surface area contributed by atoms with Gasteiger partial charge in [-0.3, -0.25) is 4.79 Å². The fourth-order valence-corrected chi connectivity index (χ4v) is 3.24. The van der Waals surface area contributed by atoms with E-state index in [0.29, 0.717) is 5.92 Å². The van der Waals surface area contributed by atoms with Crippen molar-refractivity contribution in [3.63, 3.8) is 0 Å². The minimum atomic E-state index is -3.06. The lowest BCUT2D eigenvalue weighted by molar-refractivity contribution is -0.123. The van der Waals surface area contributed by atoms with Gasteiger partial charge in [0.15, 0.2) is 0 Å². The van der Waals surface area contributed by atoms with E-state index < -0.39 is 15.9 Å². The number of hydrogen-bond donors (Lipinski definition) is 2. The third kappa shape index (κ3) is 6.38. The van der Waals surface area contributed by atoms with Crippen molar-refractivity contribution in [1.82, 2.24) is 5.32 Å². The van der Waals surface area contributed by atoms with E-state index in [0.717, 1.165) is 19.1 Å². The monoisotopic (exact) mass is 290 g/mol. The second-order valence-corrected chi connectivity index (χ2v) is 7.98. The van der Waals surface area contributed by atoms with Gasteiger partial charge in [0.05, 0.1) is 11.8 Å². The van der Waals surface area contributed by atoms with Crippen molar-refractivity contribution < 1.29 is 13.2 Å². The molecule has 1 amide bonds. The van der Waals surface area contributed by atoms with Crippen LogP contribution in [0.2, 0.25) is 0 Å². The van der Waals surface area contributed by atoms with E-state index in [4.69, 9.17) is 5.73 Å². The first-order valence-corrected chi connectivity index (χ1v) is 9.09. The summed E-state index contributed by atoms with van der Waals surface area (Å²) < 4.78 is 22.1. The Balaban J connectivity index is 2.36. The van der Waals surface area contributed by atoms with E-state index in [1.165, 1.54) is 19.3 Å². The van der Waals surface area contributed by atoms with Crippen LogP contribution in [0.15, 0.2) is 0 Å². The third-order valence-corrected chi connectivity index (χ3v) is 4.84. The van der Waals surface area contributed by atoms with Gasteiger partial charge in [-0.15, -0.1) is 0 Å². The van der Waals surface area contributed by atoms with Crippen LogP contribution in [0.5, 0.6) is 0 Å². The van der Waals surface area contributed by atoms with Gasteiger partial charge in [-0.25, -0.2) is 8.42 Å². The maximum absolute atomic E-state index is 11.9. The van der Waals surface area contributed by atoms with E-state index in [2.05, 4.69) is 5.32 Å². The molecule has 5 nitrogen and oxygen atoms in total. The molecule has 1 unspecified atom stereocenters. The van der Waals surface area contributed by atoms with Gasteiger partial charge in [0.2, 0.25) is 5.91 Å². The Morgan fingerprint density at radius 1 is 1.32 bits per heavy atom. The van der Waals surface area contributed by atoms with Crippen LogP contribution in [0.1, 0.15) is 45.4 Å². The molecule has 1 rings (SSSR count). The maximum atomic E-state index is 11.9. The second kappa shape index (κ2) is 7.24. The van der Waals surface area contributed by atoms with Gasteiger partial charge in [0, 0.05) is 12.3 Å². The molecule has 1 aliphatic carbocycles. The first-order valence-electron chi connectivity index (χ1n) is 7.03. The summed E-state index contributed by atoms with van der Waals surface area (Å²) in [5.41, 5.74) is 5.73. The zero-order chi connectivity index (χ0) is 14.5. The molecule has 0 aromatic rings. The van der Waals surface area contributed by atoms with Crippen LogP contribution in [-0.4, -0.2) is 38.4 Å². The highest BCUT2D eigenvalue weighted by Gasteiger charge is 2.23. The molecular weight excluding hydrogens is 264 g/mol. The van der Waals surface area contributed by atoms with Crippen LogP contribution in [0, 0.1) is 5.92 Å². The number of amides is 1. The van der Waals surface area contributed by atoms with E-state index in [1.54, 1.807) is 0 Å². The number of hydrogen-bond acceptors (Lipinski definition) is 4. The Labute approximate surface area is 116 Å². The van der Waals surface area contributed by atoms with Gasteiger partial charge in [-0.2, -0.15) is 0 Å². The molecule has 6 heteroatoms. The SMILES string of the molecule is C[C@@H](NC(=O)C(N)CCS(C)(=O)=O)C1CCCCC1. The Kier molecular flexibility index (Phi) is 6.26. The van der Waals surface area contributed by atoms with E-state index in [-0.39, 0.29) is 24.1 Å². The van der Waals surface area contributed by atoms with Gasteiger partial charge < -0.3 is 11.1 Å². The van der Waals surface area contributed by atoms with Crippen molar-refractivity contribution in [2.45, 2.75) is 57.5 Å². The average molecular weight is 290 g/mol. The van der Waals surface area contributed by atoms with E-state index in [9.17, 15) is 13.2 Å². The molecule has 0 heterocycles. The summed E-state index contributed by atoms with van der Waals surface area (Å²) >= 11 is 0. The number of carbonyl (C=O) groups is 1. The van der Waals surface area contributed by atoms with Gasteiger partial charge >= 0.3 is 0 Å². The number of nitrogens with two attached hydrogens (primary N) is 1. The molecule has 0 bridgehead atoms. The summed E-state index contributed by atoms with van der Waals surface area (Å²) in [5, 5.41) is 2.93. The second-order valence-electron chi connectivity index (χ2n) is 5.72. The highest BCUT2D eigenvalue weighted by Crippen LogP contribution is 2.26. The predicted octanol–water partition coefficient (Wildman–Crippen LogP) is 0.833. The van der Waals surface area contributed by atoms with Crippen molar-refractivity contribution >= 4 is 15.7 Å². The molecule has 3 N–H and O–H groups in total. The van der Waals surface area contributed by atoms with Crippen molar-refractivity contribution in [2.24, 2.45) is 11.7 Å². The molecule has 0 spiro atoms. The third-order valence-electron chi connectivity index (χ3n) is 3.86.